The summed E-state index contributed by atoms with van der Waals surface area (Å²) in [5.74, 6) is 0. The minimum absolute atomic E-state index is 0.905. The predicted molar refractivity (Wildman–Crippen MR) is 46.5 cm³/mol. The third kappa shape index (κ3) is 2.02. The van der Waals surface area contributed by atoms with Gasteiger partial charge in [-0.15, -0.1) is 0 Å². The highest BCUT2D eigenvalue weighted by molar-refractivity contribution is 5.78. The second-order valence-electron chi connectivity index (χ2n) is 2.23. The van der Waals surface area contributed by atoms with Crippen molar-refractivity contribution in [2.75, 3.05) is 0 Å². The van der Waals surface area contributed by atoms with Crippen molar-refractivity contribution >= 4 is 6.21 Å². The van der Waals surface area contributed by atoms with Gasteiger partial charge in [-0.3, -0.25) is 0 Å². The Bertz CT molecular complexity index is 197. The molecule has 54 valence electrons. The lowest BCUT2D eigenvalue weighted by Crippen LogP contribution is -1.86. The number of rotatable bonds is 3. The molecule has 0 aromatic heterocycles. The summed E-state index contributed by atoms with van der Waals surface area (Å²) in [6.45, 7) is 11.2. The Balaban J connectivity index is 4.79. The van der Waals surface area contributed by atoms with E-state index in [9.17, 15) is 0 Å². The number of hydrogen-bond acceptors (Lipinski definition) is 1. The minimum atomic E-state index is 0.905. The van der Waals surface area contributed by atoms with Gasteiger partial charge >= 0.3 is 0 Å². The summed E-state index contributed by atoms with van der Waals surface area (Å²) in [5, 5.41) is 6.96. The van der Waals surface area contributed by atoms with Crippen molar-refractivity contribution in [3.05, 3.63) is 36.0 Å². The maximum Gasteiger partial charge on any atom is 0.0213 e. The van der Waals surface area contributed by atoms with Crippen LogP contribution >= 0.6 is 0 Å². The summed E-state index contributed by atoms with van der Waals surface area (Å²) in [5.41, 5.74) is 2.83. The van der Waals surface area contributed by atoms with Crippen LogP contribution in [0.15, 0.2) is 36.0 Å². The molecule has 0 spiro atoms. The Hall–Kier alpha value is -1.11. The van der Waals surface area contributed by atoms with E-state index < -0.39 is 0 Å². The number of hydrogen-bond donors (Lipinski definition) is 1. The molecule has 0 aliphatic rings. The lowest BCUT2D eigenvalue weighted by Gasteiger charge is -2.01. The average Bonchev–Trinajstić information content (AvgIpc) is 1.88. The quantitative estimate of drug-likeness (QED) is 0.454. The monoisotopic (exact) mass is 135 g/mol. The Morgan fingerprint density at radius 1 is 1.40 bits per heavy atom. The Morgan fingerprint density at radius 2 is 1.90 bits per heavy atom. The molecule has 0 aromatic carbocycles. The van der Waals surface area contributed by atoms with E-state index in [0.29, 0.717) is 0 Å². The van der Waals surface area contributed by atoms with Crippen LogP contribution in [0.25, 0.3) is 0 Å². The van der Waals surface area contributed by atoms with E-state index in [2.05, 4.69) is 13.2 Å². The van der Waals surface area contributed by atoms with Crippen LogP contribution < -0.4 is 0 Å². The first-order valence-electron chi connectivity index (χ1n) is 3.13. The summed E-state index contributed by atoms with van der Waals surface area (Å²) < 4.78 is 0. The molecule has 0 atom stereocenters. The summed E-state index contributed by atoms with van der Waals surface area (Å²) in [7, 11) is 0. The standard InChI is InChI=1S/C9H13N/c1-5-9(7(2)3)8(4)6-10/h5-6,10H,1-2H2,3-4H3/b9-8-,10-6?. The number of nitrogens with one attached hydrogen (secondary N) is 1. The van der Waals surface area contributed by atoms with Crippen LogP contribution in [-0.2, 0) is 0 Å². The SMILES string of the molecule is C=C/C(C(=C)C)=C(\C)C=N. The first-order chi connectivity index (χ1) is 4.63. The van der Waals surface area contributed by atoms with Gasteiger partial charge in [0.15, 0.2) is 0 Å². The molecule has 0 rings (SSSR count). The second kappa shape index (κ2) is 3.83. The Labute approximate surface area is 62.3 Å². The first-order valence-corrected chi connectivity index (χ1v) is 3.13. The molecule has 10 heavy (non-hydrogen) atoms. The predicted octanol–water partition coefficient (Wildman–Crippen LogP) is 2.71. The first kappa shape index (κ1) is 8.89. The zero-order valence-electron chi connectivity index (χ0n) is 6.57. The lowest BCUT2D eigenvalue weighted by atomic mass is 10.0. The van der Waals surface area contributed by atoms with Crippen LogP contribution in [0.5, 0.6) is 0 Å². The van der Waals surface area contributed by atoms with Gasteiger partial charge in [0.2, 0.25) is 0 Å². The van der Waals surface area contributed by atoms with Crippen molar-refractivity contribution in [3.8, 4) is 0 Å². The lowest BCUT2D eigenvalue weighted by molar-refractivity contribution is 1.38. The molecule has 0 aliphatic carbocycles. The second-order valence-corrected chi connectivity index (χ2v) is 2.23. The van der Waals surface area contributed by atoms with E-state index in [1.54, 1.807) is 6.08 Å². The highest BCUT2D eigenvalue weighted by Gasteiger charge is 1.94. The van der Waals surface area contributed by atoms with Crippen molar-refractivity contribution in [1.82, 2.24) is 0 Å². The molecule has 0 saturated heterocycles. The molecule has 0 amide bonds. The Morgan fingerprint density at radius 3 is 2.00 bits per heavy atom. The van der Waals surface area contributed by atoms with Crippen LogP contribution in [0.1, 0.15) is 13.8 Å². The van der Waals surface area contributed by atoms with Gasteiger partial charge in [0, 0.05) is 6.21 Å². The maximum absolute atomic E-state index is 6.96. The van der Waals surface area contributed by atoms with Crippen LogP contribution in [0.3, 0.4) is 0 Å². The molecular formula is C9H13N. The molecule has 0 aliphatic heterocycles. The highest BCUT2D eigenvalue weighted by Crippen LogP contribution is 2.11. The number of allylic oxidation sites excluding steroid dienone is 4. The molecule has 1 heteroatoms. The van der Waals surface area contributed by atoms with Crippen LogP contribution in [0.4, 0.5) is 0 Å². The van der Waals surface area contributed by atoms with E-state index >= 15 is 0 Å². The molecule has 0 aromatic rings. The van der Waals surface area contributed by atoms with Crippen LogP contribution in [-0.4, -0.2) is 6.21 Å². The topological polar surface area (TPSA) is 23.9 Å². The van der Waals surface area contributed by atoms with Crippen molar-refractivity contribution in [1.29, 1.82) is 5.41 Å². The highest BCUT2D eigenvalue weighted by atomic mass is 14.3. The normalized spacial score (nSPS) is 11.8. The fraction of sp³-hybridized carbons (Fsp3) is 0.222. The fourth-order valence-corrected chi connectivity index (χ4v) is 0.750. The third-order valence-corrected chi connectivity index (χ3v) is 1.31. The molecule has 1 nitrogen and oxygen atoms in total. The van der Waals surface area contributed by atoms with Crippen molar-refractivity contribution < 1.29 is 0 Å². The van der Waals surface area contributed by atoms with Gasteiger partial charge < -0.3 is 5.41 Å². The summed E-state index contributed by atoms with van der Waals surface area (Å²) in [6.07, 6.45) is 3.04. The van der Waals surface area contributed by atoms with E-state index in [1.165, 1.54) is 6.21 Å². The zero-order valence-corrected chi connectivity index (χ0v) is 6.57. The van der Waals surface area contributed by atoms with Gasteiger partial charge in [-0.2, -0.15) is 0 Å². The molecule has 1 N–H and O–H groups in total. The molecule has 0 radical (unpaired) electrons. The van der Waals surface area contributed by atoms with Gasteiger partial charge in [-0.05, 0) is 25.0 Å². The molecule has 0 bridgehead atoms. The minimum Gasteiger partial charge on any atom is -0.308 e. The van der Waals surface area contributed by atoms with Crippen molar-refractivity contribution in [2.45, 2.75) is 13.8 Å². The van der Waals surface area contributed by atoms with E-state index in [-0.39, 0.29) is 0 Å². The summed E-state index contributed by atoms with van der Waals surface area (Å²) in [6, 6.07) is 0. The molecule has 0 heterocycles. The van der Waals surface area contributed by atoms with E-state index in [0.717, 1.165) is 16.7 Å². The molecular weight excluding hydrogens is 122 g/mol. The summed E-state index contributed by atoms with van der Waals surface area (Å²) in [4.78, 5) is 0. The third-order valence-electron chi connectivity index (χ3n) is 1.31. The Kier molecular flexibility index (Phi) is 3.40. The van der Waals surface area contributed by atoms with Crippen LogP contribution in [0.2, 0.25) is 0 Å². The van der Waals surface area contributed by atoms with Crippen molar-refractivity contribution in [2.24, 2.45) is 0 Å². The summed E-state index contributed by atoms with van der Waals surface area (Å²) >= 11 is 0. The fourth-order valence-electron chi connectivity index (χ4n) is 0.750. The van der Waals surface area contributed by atoms with Crippen LogP contribution in [0, 0.1) is 5.41 Å². The van der Waals surface area contributed by atoms with Gasteiger partial charge in [0.05, 0.1) is 0 Å². The molecule has 0 fully saturated rings. The largest absolute Gasteiger partial charge is 0.308 e. The van der Waals surface area contributed by atoms with Crippen molar-refractivity contribution in [3.63, 3.8) is 0 Å². The van der Waals surface area contributed by atoms with E-state index in [4.69, 9.17) is 5.41 Å². The average molecular weight is 135 g/mol. The zero-order chi connectivity index (χ0) is 8.15. The van der Waals surface area contributed by atoms with Gasteiger partial charge in [-0.1, -0.05) is 24.8 Å². The smallest absolute Gasteiger partial charge is 0.0213 e. The van der Waals surface area contributed by atoms with E-state index in [1.807, 2.05) is 13.8 Å². The van der Waals surface area contributed by atoms with Gasteiger partial charge in [0.1, 0.15) is 0 Å². The molecule has 0 unspecified atom stereocenters. The van der Waals surface area contributed by atoms with Gasteiger partial charge in [-0.25, -0.2) is 0 Å². The molecule has 0 saturated carbocycles. The maximum atomic E-state index is 6.96. The van der Waals surface area contributed by atoms with Gasteiger partial charge in [0.25, 0.3) is 0 Å².